The first kappa shape index (κ1) is 13.8. The van der Waals surface area contributed by atoms with Crippen LogP contribution in [-0.2, 0) is 14.9 Å². The maximum atomic E-state index is 6.66. The topological polar surface area (TPSA) is 21.7 Å². The molecule has 0 N–H and O–H groups in total. The van der Waals surface area contributed by atoms with Crippen molar-refractivity contribution < 1.29 is 9.31 Å². The normalized spacial score (nSPS) is 28.8. The Labute approximate surface area is 137 Å². The second-order valence-electron chi connectivity index (χ2n) is 6.75. The highest BCUT2D eigenvalue weighted by Crippen LogP contribution is 2.52. The average Bonchev–Trinajstić information content (AvgIpc) is 3.21. The van der Waals surface area contributed by atoms with E-state index in [1.54, 1.807) is 0 Å². The average molecular weight is 305 g/mol. The molecule has 0 amide bonds. The van der Waals surface area contributed by atoms with E-state index in [0.29, 0.717) is 12.1 Å². The van der Waals surface area contributed by atoms with Crippen LogP contribution in [0.2, 0.25) is 0 Å². The van der Waals surface area contributed by atoms with E-state index in [-0.39, 0.29) is 7.25 Å². The SMILES string of the molecule is c1ccc(C2(c3ccccc3)OB3OCC[C@H]4CC[C@@H]2N34)cc1. The Morgan fingerprint density at radius 1 is 0.870 bits per heavy atom. The summed E-state index contributed by atoms with van der Waals surface area (Å²) < 4.78 is 12.6. The van der Waals surface area contributed by atoms with Gasteiger partial charge in [0.2, 0.25) is 0 Å². The smallest absolute Gasteiger partial charge is 0.397 e. The minimum absolute atomic E-state index is 0.207. The fraction of sp³-hybridized carbons (Fsp3) is 0.368. The van der Waals surface area contributed by atoms with Crippen LogP contribution < -0.4 is 0 Å². The van der Waals surface area contributed by atoms with Crippen molar-refractivity contribution in [2.75, 3.05) is 6.61 Å². The summed E-state index contributed by atoms with van der Waals surface area (Å²) in [6, 6.07) is 22.3. The Balaban J connectivity index is 1.71. The number of rotatable bonds is 2. The molecule has 3 heterocycles. The van der Waals surface area contributed by atoms with Gasteiger partial charge in [0.1, 0.15) is 5.60 Å². The van der Waals surface area contributed by atoms with Crippen LogP contribution in [0, 0.1) is 0 Å². The largest absolute Gasteiger partial charge is 0.559 e. The molecule has 3 saturated heterocycles. The first-order valence-corrected chi connectivity index (χ1v) is 8.57. The molecule has 0 aliphatic carbocycles. The Kier molecular flexibility index (Phi) is 3.12. The highest BCUT2D eigenvalue weighted by molar-refractivity contribution is 6.42. The van der Waals surface area contributed by atoms with Gasteiger partial charge in [-0.1, -0.05) is 60.7 Å². The molecule has 0 radical (unpaired) electrons. The zero-order valence-electron chi connectivity index (χ0n) is 13.1. The molecule has 116 valence electrons. The van der Waals surface area contributed by atoms with Crippen LogP contribution in [0.1, 0.15) is 30.4 Å². The summed E-state index contributed by atoms with van der Waals surface area (Å²) in [7, 11) is -0.207. The fourth-order valence-corrected chi connectivity index (χ4v) is 4.71. The second kappa shape index (κ2) is 5.20. The van der Waals surface area contributed by atoms with Crippen LogP contribution in [-0.4, -0.2) is 30.8 Å². The van der Waals surface area contributed by atoms with Gasteiger partial charge < -0.3 is 9.31 Å². The first-order valence-electron chi connectivity index (χ1n) is 8.57. The van der Waals surface area contributed by atoms with Crippen LogP contribution in [0.5, 0.6) is 0 Å². The molecule has 3 fully saturated rings. The molecule has 3 aliphatic heterocycles. The van der Waals surface area contributed by atoms with Crippen LogP contribution in [0.25, 0.3) is 0 Å². The number of hydrogen-bond donors (Lipinski definition) is 0. The van der Waals surface area contributed by atoms with Crippen molar-refractivity contribution in [3.63, 3.8) is 0 Å². The van der Waals surface area contributed by atoms with Gasteiger partial charge in [-0.25, -0.2) is 0 Å². The molecule has 0 bridgehead atoms. The molecule has 5 rings (SSSR count). The lowest BCUT2D eigenvalue weighted by atomic mass is 9.79. The lowest BCUT2D eigenvalue weighted by Crippen LogP contribution is -2.49. The maximum absolute atomic E-state index is 6.66. The lowest BCUT2D eigenvalue weighted by Gasteiger charge is -2.36. The predicted octanol–water partition coefficient (Wildman–Crippen LogP) is 3.20. The van der Waals surface area contributed by atoms with Gasteiger partial charge in [-0.15, -0.1) is 0 Å². The van der Waals surface area contributed by atoms with E-state index in [0.717, 1.165) is 19.4 Å². The Morgan fingerprint density at radius 3 is 2.17 bits per heavy atom. The standard InChI is InChI=1S/C19H20BNO2/c1-3-7-15(8-4-1)19(16-9-5-2-6-10-16)18-12-11-17-13-14-22-20(23-19)21(17)18/h1-10,17-18H,11-14H2/t17-,18+/m1/s1. The number of hydrogen-bond acceptors (Lipinski definition) is 3. The molecule has 2 atom stereocenters. The van der Waals surface area contributed by atoms with Crippen molar-refractivity contribution in [1.82, 2.24) is 4.81 Å². The van der Waals surface area contributed by atoms with Crippen LogP contribution in [0.3, 0.4) is 0 Å². The molecule has 0 unspecified atom stereocenters. The highest BCUT2D eigenvalue weighted by Gasteiger charge is 2.63. The van der Waals surface area contributed by atoms with Gasteiger partial charge in [-0.3, -0.25) is 4.81 Å². The molecule has 3 nitrogen and oxygen atoms in total. The van der Waals surface area contributed by atoms with Gasteiger partial charge in [0.15, 0.2) is 0 Å². The van der Waals surface area contributed by atoms with Gasteiger partial charge in [-0.2, -0.15) is 0 Å². The van der Waals surface area contributed by atoms with Gasteiger partial charge in [-0.05, 0) is 30.4 Å². The highest BCUT2D eigenvalue weighted by atomic mass is 16.6. The maximum Gasteiger partial charge on any atom is 0.559 e. The molecule has 4 heteroatoms. The lowest BCUT2D eigenvalue weighted by molar-refractivity contribution is 0.0808. The zero-order valence-corrected chi connectivity index (χ0v) is 13.1. The van der Waals surface area contributed by atoms with Gasteiger partial charge in [0.25, 0.3) is 0 Å². The van der Waals surface area contributed by atoms with Crippen LogP contribution in [0.15, 0.2) is 60.7 Å². The van der Waals surface area contributed by atoms with Crippen LogP contribution >= 0.6 is 0 Å². The van der Waals surface area contributed by atoms with E-state index in [9.17, 15) is 0 Å². The Morgan fingerprint density at radius 2 is 1.52 bits per heavy atom. The molecule has 0 aromatic heterocycles. The van der Waals surface area contributed by atoms with Crippen molar-refractivity contribution in [3.8, 4) is 0 Å². The van der Waals surface area contributed by atoms with E-state index in [4.69, 9.17) is 9.31 Å². The summed E-state index contributed by atoms with van der Waals surface area (Å²) in [4.78, 5) is 2.49. The molecule has 2 aromatic rings. The Bertz CT molecular complexity index is 654. The molecule has 0 spiro atoms. The molecule has 3 aliphatic rings. The summed E-state index contributed by atoms with van der Waals surface area (Å²) >= 11 is 0. The van der Waals surface area contributed by atoms with Crippen molar-refractivity contribution in [3.05, 3.63) is 71.8 Å². The third kappa shape index (κ3) is 1.89. The van der Waals surface area contributed by atoms with E-state index in [1.807, 2.05) is 0 Å². The van der Waals surface area contributed by atoms with E-state index >= 15 is 0 Å². The quantitative estimate of drug-likeness (QED) is 0.795. The fourth-order valence-electron chi connectivity index (χ4n) is 4.71. The third-order valence-electron chi connectivity index (χ3n) is 5.67. The van der Waals surface area contributed by atoms with Crippen molar-refractivity contribution >= 4 is 7.25 Å². The summed E-state index contributed by atoms with van der Waals surface area (Å²) in [6.07, 6.45) is 3.53. The monoisotopic (exact) mass is 305 g/mol. The van der Waals surface area contributed by atoms with Crippen molar-refractivity contribution in [1.29, 1.82) is 0 Å². The summed E-state index contributed by atoms with van der Waals surface area (Å²) in [6.45, 7) is 0.804. The van der Waals surface area contributed by atoms with E-state index < -0.39 is 5.60 Å². The molecular formula is C19H20BNO2. The predicted molar refractivity (Wildman–Crippen MR) is 89.7 cm³/mol. The molecular weight excluding hydrogens is 285 g/mol. The number of benzene rings is 2. The van der Waals surface area contributed by atoms with Gasteiger partial charge in [0, 0.05) is 18.7 Å². The summed E-state index contributed by atoms with van der Waals surface area (Å²) in [5, 5.41) is 0. The first-order chi connectivity index (χ1) is 11.4. The summed E-state index contributed by atoms with van der Waals surface area (Å²) in [5.41, 5.74) is 2.04. The second-order valence-corrected chi connectivity index (χ2v) is 6.75. The third-order valence-corrected chi connectivity index (χ3v) is 5.67. The summed E-state index contributed by atoms with van der Waals surface area (Å²) in [5.74, 6) is 0. The molecule has 0 saturated carbocycles. The Hall–Kier alpha value is -1.62. The molecule has 23 heavy (non-hydrogen) atoms. The van der Waals surface area contributed by atoms with Crippen molar-refractivity contribution in [2.24, 2.45) is 0 Å². The van der Waals surface area contributed by atoms with Gasteiger partial charge >= 0.3 is 7.25 Å². The molecule has 2 aromatic carbocycles. The van der Waals surface area contributed by atoms with E-state index in [1.165, 1.54) is 17.5 Å². The minimum atomic E-state index is -0.424. The zero-order chi connectivity index (χ0) is 15.3. The van der Waals surface area contributed by atoms with E-state index in [2.05, 4.69) is 65.5 Å². The number of nitrogens with zero attached hydrogens (tertiary/aromatic N) is 1. The van der Waals surface area contributed by atoms with Gasteiger partial charge in [0.05, 0.1) is 0 Å². The van der Waals surface area contributed by atoms with Crippen molar-refractivity contribution in [2.45, 2.75) is 36.9 Å². The van der Waals surface area contributed by atoms with Crippen LogP contribution in [0.4, 0.5) is 0 Å². The minimum Gasteiger partial charge on any atom is -0.397 e.